The van der Waals surface area contributed by atoms with Gasteiger partial charge in [-0.15, -0.1) is 0 Å². The number of fused-ring (bicyclic) bond motifs is 2. The quantitative estimate of drug-likeness (QED) is 0.785. The lowest BCUT2D eigenvalue weighted by molar-refractivity contribution is 0.450. The predicted octanol–water partition coefficient (Wildman–Crippen LogP) is 4.80. The standard InChI is InChI=1S/C17H17BrN2S/c18-12-5-6-15-17(11-12)21-16-4-2-1-3-14(16)20(15)13-7-9-19-10-8-13/h1-6,11,13,19H,7-10H2. The molecule has 2 aliphatic rings. The van der Waals surface area contributed by atoms with E-state index in [0.717, 1.165) is 17.6 Å². The highest BCUT2D eigenvalue weighted by Gasteiger charge is 2.29. The third-order valence-corrected chi connectivity index (χ3v) is 5.81. The molecule has 0 radical (unpaired) electrons. The Balaban J connectivity index is 1.84. The topological polar surface area (TPSA) is 15.3 Å². The van der Waals surface area contributed by atoms with E-state index in [0.29, 0.717) is 6.04 Å². The van der Waals surface area contributed by atoms with Gasteiger partial charge in [0.1, 0.15) is 0 Å². The van der Waals surface area contributed by atoms with Crippen molar-refractivity contribution in [2.24, 2.45) is 0 Å². The van der Waals surface area contributed by atoms with E-state index in [1.54, 1.807) is 0 Å². The van der Waals surface area contributed by atoms with Crippen molar-refractivity contribution in [1.82, 2.24) is 5.32 Å². The molecule has 0 saturated carbocycles. The summed E-state index contributed by atoms with van der Waals surface area (Å²) in [6.45, 7) is 2.23. The molecule has 21 heavy (non-hydrogen) atoms. The fourth-order valence-electron chi connectivity index (χ4n) is 3.22. The Morgan fingerprint density at radius 1 is 1.00 bits per heavy atom. The summed E-state index contributed by atoms with van der Waals surface area (Å²) in [4.78, 5) is 5.28. The van der Waals surface area contributed by atoms with Gasteiger partial charge in [0.2, 0.25) is 0 Å². The van der Waals surface area contributed by atoms with Crippen molar-refractivity contribution in [2.75, 3.05) is 18.0 Å². The zero-order valence-electron chi connectivity index (χ0n) is 11.7. The Labute approximate surface area is 138 Å². The molecule has 0 atom stereocenters. The van der Waals surface area contributed by atoms with Crippen LogP contribution in [0.5, 0.6) is 0 Å². The van der Waals surface area contributed by atoms with Crippen LogP contribution in [0.3, 0.4) is 0 Å². The van der Waals surface area contributed by atoms with Gasteiger partial charge in [-0.1, -0.05) is 39.8 Å². The molecule has 2 aromatic rings. The lowest BCUT2D eigenvalue weighted by Gasteiger charge is -2.40. The molecule has 2 aliphatic heterocycles. The van der Waals surface area contributed by atoms with Crippen LogP contribution in [0.4, 0.5) is 11.4 Å². The van der Waals surface area contributed by atoms with Crippen molar-refractivity contribution in [3.05, 3.63) is 46.9 Å². The number of rotatable bonds is 1. The summed E-state index contributed by atoms with van der Waals surface area (Å²) in [5.74, 6) is 0. The molecular weight excluding hydrogens is 344 g/mol. The van der Waals surface area contributed by atoms with Gasteiger partial charge in [-0.3, -0.25) is 0 Å². The minimum Gasteiger partial charge on any atom is -0.336 e. The van der Waals surface area contributed by atoms with E-state index < -0.39 is 0 Å². The van der Waals surface area contributed by atoms with Crippen molar-refractivity contribution < 1.29 is 0 Å². The maximum Gasteiger partial charge on any atom is 0.0556 e. The highest BCUT2D eigenvalue weighted by molar-refractivity contribution is 9.10. The van der Waals surface area contributed by atoms with E-state index in [1.165, 1.54) is 34.0 Å². The summed E-state index contributed by atoms with van der Waals surface area (Å²) in [7, 11) is 0. The van der Waals surface area contributed by atoms with Gasteiger partial charge >= 0.3 is 0 Å². The Morgan fingerprint density at radius 3 is 2.62 bits per heavy atom. The van der Waals surface area contributed by atoms with Gasteiger partial charge in [-0.25, -0.2) is 0 Å². The molecule has 0 amide bonds. The van der Waals surface area contributed by atoms with E-state index in [-0.39, 0.29) is 0 Å². The number of hydrogen-bond donors (Lipinski definition) is 1. The largest absolute Gasteiger partial charge is 0.336 e. The van der Waals surface area contributed by atoms with Gasteiger partial charge in [0, 0.05) is 20.3 Å². The number of hydrogen-bond acceptors (Lipinski definition) is 3. The second kappa shape index (κ2) is 5.67. The van der Waals surface area contributed by atoms with Gasteiger partial charge in [0.05, 0.1) is 11.4 Å². The van der Waals surface area contributed by atoms with Crippen LogP contribution < -0.4 is 10.2 Å². The molecule has 2 nitrogen and oxygen atoms in total. The SMILES string of the molecule is Brc1ccc2c(c1)Sc1ccccc1N2C1CCNCC1. The highest BCUT2D eigenvalue weighted by atomic mass is 79.9. The number of halogens is 1. The third kappa shape index (κ3) is 2.50. The fourth-order valence-corrected chi connectivity index (χ4v) is 4.84. The van der Waals surface area contributed by atoms with Crippen LogP contribution in [0.25, 0.3) is 0 Å². The number of piperidine rings is 1. The number of nitrogens with one attached hydrogen (secondary N) is 1. The minimum absolute atomic E-state index is 0.591. The first-order chi connectivity index (χ1) is 10.3. The van der Waals surface area contributed by atoms with Crippen molar-refractivity contribution in [3.63, 3.8) is 0 Å². The first-order valence-corrected chi connectivity index (χ1v) is 9.00. The van der Waals surface area contributed by atoms with E-state index in [9.17, 15) is 0 Å². The Morgan fingerprint density at radius 2 is 1.76 bits per heavy atom. The molecule has 0 spiro atoms. The van der Waals surface area contributed by atoms with Crippen LogP contribution in [0.15, 0.2) is 56.7 Å². The van der Waals surface area contributed by atoms with Gasteiger partial charge in [0.15, 0.2) is 0 Å². The van der Waals surface area contributed by atoms with Gasteiger partial charge in [-0.2, -0.15) is 0 Å². The van der Waals surface area contributed by atoms with Crippen LogP contribution in [0, 0.1) is 0 Å². The minimum atomic E-state index is 0.591. The fraction of sp³-hybridized carbons (Fsp3) is 0.294. The normalized spacial score (nSPS) is 18.2. The number of anilines is 2. The Hall–Kier alpha value is -0.970. The maximum absolute atomic E-state index is 3.60. The van der Waals surface area contributed by atoms with Gasteiger partial charge < -0.3 is 10.2 Å². The second-order valence-corrected chi connectivity index (χ2v) is 7.53. The number of benzene rings is 2. The van der Waals surface area contributed by atoms with Crippen molar-refractivity contribution >= 4 is 39.1 Å². The van der Waals surface area contributed by atoms with Gasteiger partial charge in [0.25, 0.3) is 0 Å². The van der Waals surface area contributed by atoms with E-state index in [2.05, 4.69) is 68.6 Å². The first kappa shape index (κ1) is 13.7. The van der Waals surface area contributed by atoms with Crippen molar-refractivity contribution in [2.45, 2.75) is 28.7 Å². The molecule has 1 N–H and O–H groups in total. The molecule has 0 unspecified atom stereocenters. The predicted molar refractivity (Wildman–Crippen MR) is 92.7 cm³/mol. The summed E-state index contributed by atoms with van der Waals surface area (Å²) in [6, 6.07) is 16.0. The molecule has 0 aromatic heterocycles. The zero-order chi connectivity index (χ0) is 14.2. The molecule has 0 bridgehead atoms. The molecule has 1 fully saturated rings. The second-order valence-electron chi connectivity index (χ2n) is 5.53. The van der Waals surface area contributed by atoms with Crippen LogP contribution >= 0.6 is 27.7 Å². The molecule has 2 aromatic carbocycles. The number of nitrogens with zero attached hydrogens (tertiary/aromatic N) is 1. The summed E-state index contributed by atoms with van der Waals surface area (Å²) in [5.41, 5.74) is 2.72. The maximum atomic E-state index is 3.60. The van der Waals surface area contributed by atoms with Crippen LogP contribution in [-0.2, 0) is 0 Å². The lowest BCUT2D eigenvalue weighted by Crippen LogP contribution is -2.41. The van der Waals surface area contributed by atoms with Crippen LogP contribution in [-0.4, -0.2) is 19.1 Å². The number of para-hydroxylation sites is 1. The van der Waals surface area contributed by atoms with Crippen molar-refractivity contribution in [3.8, 4) is 0 Å². The summed E-state index contributed by atoms with van der Waals surface area (Å²) >= 11 is 5.48. The Kier molecular flexibility index (Phi) is 3.69. The molecule has 2 heterocycles. The van der Waals surface area contributed by atoms with Gasteiger partial charge in [-0.05, 0) is 56.3 Å². The summed E-state index contributed by atoms with van der Waals surface area (Å²) < 4.78 is 1.15. The average Bonchev–Trinajstić information content (AvgIpc) is 2.53. The molecule has 108 valence electrons. The lowest BCUT2D eigenvalue weighted by atomic mass is 10.0. The first-order valence-electron chi connectivity index (χ1n) is 7.39. The summed E-state index contributed by atoms with van der Waals surface area (Å²) in [6.07, 6.45) is 2.41. The van der Waals surface area contributed by atoms with Crippen LogP contribution in [0.2, 0.25) is 0 Å². The summed E-state index contributed by atoms with van der Waals surface area (Å²) in [5, 5.41) is 3.47. The molecule has 4 rings (SSSR count). The zero-order valence-corrected chi connectivity index (χ0v) is 14.1. The monoisotopic (exact) mass is 360 g/mol. The highest BCUT2D eigenvalue weighted by Crippen LogP contribution is 2.50. The molecule has 0 aliphatic carbocycles. The third-order valence-electron chi connectivity index (χ3n) is 4.20. The van der Waals surface area contributed by atoms with E-state index >= 15 is 0 Å². The van der Waals surface area contributed by atoms with Crippen molar-refractivity contribution in [1.29, 1.82) is 0 Å². The average molecular weight is 361 g/mol. The molecule has 4 heteroatoms. The van der Waals surface area contributed by atoms with E-state index in [1.807, 2.05) is 11.8 Å². The Bertz CT molecular complexity index is 668. The smallest absolute Gasteiger partial charge is 0.0556 e. The van der Waals surface area contributed by atoms with E-state index in [4.69, 9.17) is 0 Å². The molecule has 1 saturated heterocycles. The van der Waals surface area contributed by atoms with Crippen LogP contribution in [0.1, 0.15) is 12.8 Å². The molecular formula is C17H17BrN2S.